The van der Waals surface area contributed by atoms with Crippen LogP contribution in [-0.4, -0.2) is 5.79 Å². The molecule has 0 saturated heterocycles. The molecule has 0 heterocycles. The fraction of sp³-hybridized carbons (Fsp3) is 0.333. The Morgan fingerprint density at radius 1 is 1.18 bits per heavy atom. The molecule has 2 rings (SSSR count). The van der Waals surface area contributed by atoms with Gasteiger partial charge in [-0.1, -0.05) is 24.3 Å². The van der Waals surface area contributed by atoms with E-state index in [2.05, 4.69) is 0 Å². The molecule has 0 aromatic heterocycles. The molecule has 0 atom stereocenters. The summed E-state index contributed by atoms with van der Waals surface area (Å²) in [6.45, 7) is 0. The van der Waals surface area contributed by atoms with Crippen LogP contribution in [0.1, 0.15) is 11.1 Å². The van der Waals surface area contributed by atoms with E-state index < -0.39 is 5.79 Å². The van der Waals surface area contributed by atoms with E-state index in [0.717, 1.165) is 11.1 Å². The molecule has 0 saturated carbocycles. The molecule has 1 aliphatic rings. The number of rotatable bonds is 0. The second kappa shape index (κ2) is 2.05. The van der Waals surface area contributed by atoms with Crippen LogP contribution < -0.4 is 5.73 Å². The van der Waals surface area contributed by atoms with Gasteiger partial charge in [0.25, 0.3) is 0 Å². The third-order valence-corrected chi connectivity index (χ3v) is 2.09. The summed E-state index contributed by atoms with van der Waals surface area (Å²) < 4.78 is 13.2. The van der Waals surface area contributed by atoms with Crippen LogP contribution in [-0.2, 0) is 12.8 Å². The topological polar surface area (TPSA) is 26.0 Å². The molecule has 2 heteroatoms. The minimum atomic E-state index is -1.50. The molecule has 1 aromatic rings. The van der Waals surface area contributed by atoms with Crippen molar-refractivity contribution in [3.8, 4) is 0 Å². The minimum absolute atomic E-state index is 0.364. The fourth-order valence-corrected chi connectivity index (χ4v) is 1.60. The highest BCUT2D eigenvalue weighted by Crippen LogP contribution is 2.28. The quantitative estimate of drug-likeness (QED) is 0.557. The van der Waals surface area contributed by atoms with Crippen molar-refractivity contribution >= 4 is 0 Å². The number of alkyl halides is 1. The van der Waals surface area contributed by atoms with Crippen LogP contribution in [0.25, 0.3) is 0 Å². The van der Waals surface area contributed by atoms with Crippen molar-refractivity contribution in [1.29, 1.82) is 0 Å². The lowest BCUT2D eigenvalue weighted by molar-refractivity contribution is 0.188. The first-order chi connectivity index (χ1) is 5.17. The summed E-state index contributed by atoms with van der Waals surface area (Å²) in [7, 11) is 0. The van der Waals surface area contributed by atoms with Gasteiger partial charge in [-0.3, -0.25) is 5.73 Å². The minimum Gasteiger partial charge on any atom is -0.299 e. The number of fused-ring (bicyclic) bond motifs is 1. The first-order valence-corrected chi connectivity index (χ1v) is 3.72. The Bertz CT molecular complexity index is 254. The zero-order chi connectivity index (χ0) is 7.90. The second-order valence-corrected chi connectivity index (χ2v) is 3.16. The maximum atomic E-state index is 13.2. The summed E-state index contributed by atoms with van der Waals surface area (Å²) >= 11 is 0. The molecule has 0 spiro atoms. The van der Waals surface area contributed by atoms with Crippen molar-refractivity contribution in [3.05, 3.63) is 35.4 Å². The highest BCUT2D eigenvalue weighted by Gasteiger charge is 2.32. The summed E-state index contributed by atoms with van der Waals surface area (Å²) in [6, 6.07) is 7.70. The normalized spacial score (nSPS) is 19.8. The molecule has 11 heavy (non-hydrogen) atoms. The summed E-state index contributed by atoms with van der Waals surface area (Å²) in [5.41, 5.74) is 7.47. The molecule has 1 aliphatic carbocycles. The Kier molecular flexibility index (Phi) is 1.26. The smallest absolute Gasteiger partial charge is 0.167 e. The molecule has 0 fully saturated rings. The predicted molar refractivity (Wildman–Crippen MR) is 41.9 cm³/mol. The highest BCUT2D eigenvalue weighted by atomic mass is 19.1. The first-order valence-electron chi connectivity index (χ1n) is 3.72. The van der Waals surface area contributed by atoms with Gasteiger partial charge in [-0.25, -0.2) is 4.39 Å². The molecule has 0 unspecified atom stereocenters. The Balaban J connectivity index is 2.41. The van der Waals surface area contributed by atoms with E-state index in [4.69, 9.17) is 5.73 Å². The van der Waals surface area contributed by atoms with Crippen molar-refractivity contribution in [2.24, 2.45) is 5.73 Å². The van der Waals surface area contributed by atoms with Crippen LogP contribution in [0.2, 0.25) is 0 Å². The van der Waals surface area contributed by atoms with Crippen molar-refractivity contribution in [2.75, 3.05) is 0 Å². The van der Waals surface area contributed by atoms with E-state index in [1.165, 1.54) is 0 Å². The highest BCUT2D eigenvalue weighted by molar-refractivity contribution is 5.34. The lowest BCUT2D eigenvalue weighted by Crippen LogP contribution is -2.34. The molecule has 0 bridgehead atoms. The van der Waals surface area contributed by atoms with Gasteiger partial charge >= 0.3 is 0 Å². The SMILES string of the molecule is NC1(F)Cc2ccccc2C1. The Labute approximate surface area is 65.0 Å². The van der Waals surface area contributed by atoms with Crippen molar-refractivity contribution in [2.45, 2.75) is 18.6 Å². The molecule has 1 nitrogen and oxygen atoms in total. The molecule has 1 aromatic carbocycles. The van der Waals surface area contributed by atoms with Gasteiger partial charge in [0, 0.05) is 12.8 Å². The maximum Gasteiger partial charge on any atom is 0.167 e. The van der Waals surface area contributed by atoms with Gasteiger partial charge < -0.3 is 0 Å². The standard InChI is InChI=1S/C9H10FN/c10-9(11)5-7-3-1-2-4-8(7)6-9/h1-4H,5-6,11H2. The summed E-state index contributed by atoms with van der Waals surface area (Å²) in [5, 5.41) is 0. The van der Waals surface area contributed by atoms with Crippen LogP contribution in [0.3, 0.4) is 0 Å². The average Bonchev–Trinajstić information content (AvgIpc) is 2.21. The molecular weight excluding hydrogens is 141 g/mol. The number of hydrogen-bond donors (Lipinski definition) is 1. The number of benzene rings is 1. The number of nitrogens with two attached hydrogens (primary N) is 1. The van der Waals surface area contributed by atoms with Crippen LogP contribution >= 0.6 is 0 Å². The molecular formula is C9H10FN. The number of hydrogen-bond acceptors (Lipinski definition) is 1. The van der Waals surface area contributed by atoms with Crippen LogP contribution in [0.5, 0.6) is 0 Å². The lowest BCUT2D eigenvalue weighted by Gasteiger charge is -2.09. The van der Waals surface area contributed by atoms with Gasteiger partial charge in [0.2, 0.25) is 0 Å². The zero-order valence-electron chi connectivity index (χ0n) is 6.18. The summed E-state index contributed by atoms with van der Waals surface area (Å²) in [5.74, 6) is -1.50. The second-order valence-electron chi connectivity index (χ2n) is 3.16. The maximum absolute atomic E-state index is 13.2. The van der Waals surface area contributed by atoms with Gasteiger partial charge in [-0.2, -0.15) is 0 Å². The molecule has 58 valence electrons. The van der Waals surface area contributed by atoms with Crippen LogP contribution in [0.15, 0.2) is 24.3 Å². The van der Waals surface area contributed by atoms with E-state index in [1.807, 2.05) is 24.3 Å². The zero-order valence-corrected chi connectivity index (χ0v) is 6.18. The first kappa shape index (κ1) is 6.80. The summed E-state index contributed by atoms with van der Waals surface area (Å²) in [4.78, 5) is 0. The van der Waals surface area contributed by atoms with E-state index in [1.54, 1.807) is 0 Å². The van der Waals surface area contributed by atoms with Gasteiger partial charge in [-0.05, 0) is 11.1 Å². The average molecular weight is 151 g/mol. The monoisotopic (exact) mass is 151 g/mol. The Morgan fingerprint density at radius 2 is 1.64 bits per heavy atom. The van der Waals surface area contributed by atoms with Gasteiger partial charge in [0.15, 0.2) is 5.79 Å². The molecule has 2 N–H and O–H groups in total. The van der Waals surface area contributed by atoms with Crippen molar-refractivity contribution in [3.63, 3.8) is 0 Å². The van der Waals surface area contributed by atoms with Crippen molar-refractivity contribution < 1.29 is 4.39 Å². The Hall–Kier alpha value is -0.890. The van der Waals surface area contributed by atoms with Crippen LogP contribution in [0.4, 0.5) is 4.39 Å². The van der Waals surface area contributed by atoms with Gasteiger partial charge in [0.05, 0.1) is 0 Å². The summed E-state index contributed by atoms with van der Waals surface area (Å²) in [6.07, 6.45) is 0.729. The molecule has 0 aliphatic heterocycles. The fourth-order valence-electron chi connectivity index (χ4n) is 1.60. The third-order valence-electron chi connectivity index (χ3n) is 2.09. The van der Waals surface area contributed by atoms with E-state index in [9.17, 15) is 4.39 Å². The van der Waals surface area contributed by atoms with Gasteiger partial charge in [0.1, 0.15) is 0 Å². The Morgan fingerprint density at radius 3 is 2.09 bits per heavy atom. The number of halogens is 1. The van der Waals surface area contributed by atoms with Crippen molar-refractivity contribution in [1.82, 2.24) is 0 Å². The van der Waals surface area contributed by atoms with Crippen LogP contribution in [0, 0.1) is 0 Å². The van der Waals surface area contributed by atoms with E-state index in [-0.39, 0.29) is 0 Å². The molecule has 0 amide bonds. The largest absolute Gasteiger partial charge is 0.299 e. The third kappa shape index (κ3) is 1.14. The predicted octanol–water partition coefficient (Wildman–Crippen LogP) is 1.41. The molecule has 0 radical (unpaired) electrons. The van der Waals surface area contributed by atoms with E-state index in [0.29, 0.717) is 12.8 Å². The van der Waals surface area contributed by atoms with E-state index >= 15 is 0 Å². The lowest BCUT2D eigenvalue weighted by atomic mass is 10.1. The van der Waals surface area contributed by atoms with Gasteiger partial charge in [-0.15, -0.1) is 0 Å².